The minimum atomic E-state index is -4.36. The molecular weight excluding hydrogens is 502 g/mol. The van der Waals surface area contributed by atoms with E-state index in [1.165, 1.54) is 19.2 Å². The van der Waals surface area contributed by atoms with Crippen LogP contribution in [0.4, 0.5) is 13.2 Å². The summed E-state index contributed by atoms with van der Waals surface area (Å²) in [6, 6.07) is 6.40. The summed E-state index contributed by atoms with van der Waals surface area (Å²) in [4.78, 5) is 18.4. The molecule has 164 valence electrons. The molecule has 0 amide bonds. The molecule has 0 bridgehead atoms. The van der Waals surface area contributed by atoms with Crippen molar-refractivity contribution in [2.45, 2.75) is 32.5 Å². The number of hydrogen-bond donors (Lipinski definition) is 1. The molecule has 0 unspecified atom stereocenters. The minimum absolute atomic E-state index is 0. The van der Waals surface area contributed by atoms with E-state index in [4.69, 9.17) is 9.47 Å². The Morgan fingerprint density at radius 1 is 1.24 bits per heavy atom. The largest absolute Gasteiger partial charge is 0.484 e. The fraction of sp³-hybridized carbons (Fsp3) is 0.579. The standard InChI is InChI=1S/C19H26F3N3O3.HI/c1-3-23-18(25-10-8-15(9-11-25)17(26)27-2)24-12-14-4-6-16(7-5-14)28-13-19(20,21)22;/h4-7,15H,3,8-13H2,1-2H3,(H,23,24);1H. The molecule has 0 saturated carbocycles. The fourth-order valence-corrected chi connectivity index (χ4v) is 2.94. The van der Waals surface area contributed by atoms with Gasteiger partial charge < -0.3 is 19.7 Å². The van der Waals surface area contributed by atoms with E-state index in [2.05, 4.69) is 15.2 Å². The maximum Gasteiger partial charge on any atom is 0.422 e. The van der Waals surface area contributed by atoms with Gasteiger partial charge in [-0.2, -0.15) is 13.2 Å². The van der Waals surface area contributed by atoms with Crippen LogP contribution in [0.1, 0.15) is 25.3 Å². The highest BCUT2D eigenvalue weighted by Crippen LogP contribution is 2.20. The lowest BCUT2D eigenvalue weighted by Crippen LogP contribution is -2.46. The number of nitrogens with one attached hydrogen (secondary N) is 1. The van der Waals surface area contributed by atoms with Crippen molar-refractivity contribution in [1.29, 1.82) is 0 Å². The SMILES string of the molecule is CCNC(=NCc1ccc(OCC(F)(F)F)cc1)N1CCC(C(=O)OC)CC1.I. The average Bonchev–Trinajstić information content (AvgIpc) is 2.69. The second kappa shape index (κ2) is 12.1. The van der Waals surface area contributed by atoms with E-state index in [1.807, 2.05) is 6.92 Å². The quantitative estimate of drug-likeness (QED) is 0.264. The van der Waals surface area contributed by atoms with Crippen LogP contribution in [0.5, 0.6) is 5.75 Å². The number of hydrogen-bond acceptors (Lipinski definition) is 4. The normalized spacial score (nSPS) is 15.5. The number of guanidine groups is 1. The lowest BCUT2D eigenvalue weighted by molar-refractivity contribution is -0.153. The molecule has 2 rings (SSSR count). The Bertz CT molecular complexity index is 661. The summed E-state index contributed by atoms with van der Waals surface area (Å²) in [7, 11) is 1.40. The fourth-order valence-electron chi connectivity index (χ4n) is 2.94. The highest BCUT2D eigenvalue weighted by atomic mass is 127. The lowest BCUT2D eigenvalue weighted by atomic mass is 9.97. The molecule has 1 saturated heterocycles. The Balaban J connectivity index is 0.00000420. The molecule has 1 aromatic carbocycles. The molecule has 10 heteroatoms. The van der Waals surface area contributed by atoms with Gasteiger partial charge in [-0.3, -0.25) is 4.79 Å². The van der Waals surface area contributed by atoms with Crippen LogP contribution in [0.2, 0.25) is 0 Å². The number of esters is 1. The Kier molecular flexibility index (Phi) is 10.5. The van der Waals surface area contributed by atoms with Crippen LogP contribution in [0.3, 0.4) is 0 Å². The van der Waals surface area contributed by atoms with Crippen LogP contribution in [-0.4, -0.2) is 56.4 Å². The molecule has 0 aromatic heterocycles. The third kappa shape index (κ3) is 8.67. The van der Waals surface area contributed by atoms with Crippen molar-refractivity contribution in [3.8, 4) is 5.75 Å². The van der Waals surface area contributed by atoms with Crippen LogP contribution < -0.4 is 10.1 Å². The van der Waals surface area contributed by atoms with Crippen LogP contribution in [-0.2, 0) is 16.1 Å². The first-order chi connectivity index (χ1) is 13.3. The van der Waals surface area contributed by atoms with Crippen molar-refractivity contribution in [2.75, 3.05) is 33.4 Å². The van der Waals surface area contributed by atoms with Crippen LogP contribution in [0.15, 0.2) is 29.3 Å². The molecule has 1 fully saturated rings. The molecule has 1 heterocycles. The van der Waals surface area contributed by atoms with E-state index in [-0.39, 0.29) is 41.6 Å². The van der Waals surface area contributed by atoms with Crippen LogP contribution in [0.25, 0.3) is 0 Å². The number of aliphatic imine (C=N–C) groups is 1. The van der Waals surface area contributed by atoms with Crippen LogP contribution >= 0.6 is 24.0 Å². The maximum atomic E-state index is 12.2. The molecule has 0 aliphatic carbocycles. The highest BCUT2D eigenvalue weighted by Gasteiger charge is 2.28. The second-order valence-electron chi connectivity index (χ2n) is 6.50. The number of ether oxygens (including phenoxy) is 2. The van der Waals surface area contributed by atoms with Gasteiger partial charge in [-0.05, 0) is 37.5 Å². The van der Waals surface area contributed by atoms with Gasteiger partial charge in [0.05, 0.1) is 19.6 Å². The summed E-state index contributed by atoms with van der Waals surface area (Å²) in [5, 5.41) is 3.24. The van der Waals surface area contributed by atoms with E-state index < -0.39 is 12.8 Å². The van der Waals surface area contributed by atoms with Gasteiger partial charge in [-0.15, -0.1) is 24.0 Å². The molecular formula is C19H27F3IN3O3. The predicted octanol–water partition coefficient (Wildman–Crippen LogP) is 3.60. The first-order valence-electron chi connectivity index (χ1n) is 9.22. The van der Waals surface area contributed by atoms with Gasteiger partial charge in [0.25, 0.3) is 0 Å². The maximum absolute atomic E-state index is 12.2. The van der Waals surface area contributed by atoms with Crippen molar-refractivity contribution in [2.24, 2.45) is 10.9 Å². The smallest absolute Gasteiger partial charge is 0.422 e. The van der Waals surface area contributed by atoms with Gasteiger partial charge in [0.1, 0.15) is 5.75 Å². The van der Waals surface area contributed by atoms with Crippen molar-refractivity contribution in [1.82, 2.24) is 10.2 Å². The Morgan fingerprint density at radius 3 is 2.38 bits per heavy atom. The summed E-state index contributed by atoms with van der Waals surface area (Å²) in [6.45, 7) is 3.17. The third-order valence-electron chi connectivity index (χ3n) is 4.40. The van der Waals surface area contributed by atoms with Gasteiger partial charge >= 0.3 is 12.1 Å². The number of methoxy groups -OCH3 is 1. The van der Waals surface area contributed by atoms with Crippen molar-refractivity contribution >= 4 is 35.9 Å². The van der Waals surface area contributed by atoms with Gasteiger partial charge in [0.2, 0.25) is 0 Å². The third-order valence-corrected chi connectivity index (χ3v) is 4.40. The first-order valence-corrected chi connectivity index (χ1v) is 9.22. The molecule has 1 aromatic rings. The minimum Gasteiger partial charge on any atom is -0.484 e. The molecule has 1 aliphatic heterocycles. The predicted molar refractivity (Wildman–Crippen MR) is 115 cm³/mol. The first kappa shape index (κ1) is 25.3. The average molecular weight is 529 g/mol. The summed E-state index contributed by atoms with van der Waals surface area (Å²) >= 11 is 0. The number of nitrogens with zero attached hydrogens (tertiary/aromatic N) is 2. The molecule has 1 aliphatic rings. The van der Waals surface area contributed by atoms with E-state index in [1.54, 1.807) is 12.1 Å². The number of halogens is 4. The van der Waals surface area contributed by atoms with Gasteiger partial charge in [-0.25, -0.2) is 4.99 Å². The Hall–Kier alpha value is -1.72. The second-order valence-corrected chi connectivity index (χ2v) is 6.50. The number of alkyl halides is 3. The van der Waals surface area contributed by atoms with Gasteiger partial charge in [0, 0.05) is 19.6 Å². The van der Waals surface area contributed by atoms with E-state index >= 15 is 0 Å². The summed E-state index contributed by atoms with van der Waals surface area (Å²) in [6.07, 6.45) is -2.93. The number of rotatable bonds is 6. The lowest BCUT2D eigenvalue weighted by Gasteiger charge is -2.33. The zero-order valence-electron chi connectivity index (χ0n) is 16.5. The molecule has 0 atom stereocenters. The van der Waals surface area contributed by atoms with E-state index in [9.17, 15) is 18.0 Å². The van der Waals surface area contributed by atoms with Crippen molar-refractivity contribution < 1.29 is 27.4 Å². The highest BCUT2D eigenvalue weighted by molar-refractivity contribution is 14.0. The molecule has 29 heavy (non-hydrogen) atoms. The number of carbonyl (C=O) groups excluding carboxylic acids is 1. The zero-order chi connectivity index (χ0) is 20.6. The number of piperidine rings is 1. The van der Waals surface area contributed by atoms with E-state index in [0.717, 1.165) is 11.5 Å². The van der Waals surface area contributed by atoms with Crippen LogP contribution in [0, 0.1) is 5.92 Å². The number of carbonyl (C=O) groups is 1. The monoisotopic (exact) mass is 529 g/mol. The molecule has 1 N–H and O–H groups in total. The Labute approximate surface area is 185 Å². The summed E-state index contributed by atoms with van der Waals surface area (Å²) < 4.78 is 46.1. The van der Waals surface area contributed by atoms with Gasteiger partial charge in [0.15, 0.2) is 12.6 Å². The van der Waals surface area contributed by atoms with Crippen molar-refractivity contribution in [3.05, 3.63) is 29.8 Å². The van der Waals surface area contributed by atoms with Crippen molar-refractivity contribution in [3.63, 3.8) is 0 Å². The number of likely N-dealkylation sites (tertiary alicyclic amines) is 1. The molecule has 0 radical (unpaired) electrons. The molecule has 6 nitrogen and oxygen atoms in total. The summed E-state index contributed by atoms with van der Waals surface area (Å²) in [5.74, 6) is 0.674. The molecule has 0 spiro atoms. The van der Waals surface area contributed by atoms with E-state index in [0.29, 0.717) is 39.0 Å². The number of benzene rings is 1. The van der Waals surface area contributed by atoms with Gasteiger partial charge in [-0.1, -0.05) is 12.1 Å². The topological polar surface area (TPSA) is 63.2 Å². The summed E-state index contributed by atoms with van der Waals surface area (Å²) in [5.41, 5.74) is 0.860. The Morgan fingerprint density at radius 2 is 1.86 bits per heavy atom. The zero-order valence-corrected chi connectivity index (χ0v) is 18.8.